The van der Waals surface area contributed by atoms with Gasteiger partial charge in [-0.05, 0) is 32.6 Å². The maximum absolute atomic E-state index is 11.1. The van der Waals surface area contributed by atoms with Crippen molar-refractivity contribution in [3.05, 3.63) is 23.2 Å². The molecule has 0 saturated heterocycles. The molecule has 0 amide bonds. The third-order valence-corrected chi connectivity index (χ3v) is 3.60. The van der Waals surface area contributed by atoms with E-state index in [1.54, 1.807) is 0 Å². The molecule has 1 N–H and O–H groups in total. The first-order valence-electron chi connectivity index (χ1n) is 5.91. The van der Waals surface area contributed by atoms with Crippen LogP contribution in [-0.4, -0.2) is 46.0 Å². The lowest BCUT2D eigenvalue weighted by Crippen LogP contribution is -2.24. The van der Waals surface area contributed by atoms with Crippen molar-refractivity contribution in [3.63, 3.8) is 0 Å². The van der Waals surface area contributed by atoms with E-state index in [0.29, 0.717) is 19.6 Å². The van der Waals surface area contributed by atoms with Crippen LogP contribution in [0.25, 0.3) is 0 Å². The highest BCUT2D eigenvalue weighted by atomic mass is 32.2. The Morgan fingerprint density at radius 3 is 2.67 bits per heavy atom. The molecular weight excluding hydrogens is 252 g/mol. The molecule has 0 radical (unpaired) electrons. The fraction of sp³-hybridized carbons (Fsp3) is 0.667. The third-order valence-electron chi connectivity index (χ3n) is 2.68. The number of rotatable bonds is 7. The first-order chi connectivity index (χ1) is 8.31. The van der Waals surface area contributed by atoms with Crippen molar-refractivity contribution in [2.24, 2.45) is 0 Å². The van der Waals surface area contributed by atoms with Gasteiger partial charge < -0.3 is 9.73 Å². The maximum Gasteiger partial charge on any atom is 0.148 e. The van der Waals surface area contributed by atoms with E-state index in [1.807, 2.05) is 32.0 Å². The summed E-state index contributed by atoms with van der Waals surface area (Å²) in [6, 6.07) is 2.00. The average Bonchev–Trinajstić information content (AvgIpc) is 2.56. The van der Waals surface area contributed by atoms with Gasteiger partial charge in [0.2, 0.25) is 0 Å². The van der Waals surface area contributed by atoms with Crippen LogP contribution in [0.5, 0.6) is 0 Å². The van der Waals surface area contributed by atoms with Gasteiger partial charge >= 0.3 is 0 Å². The summed E-state index contributed by atoms with van der Waals surface area (Å²) in [5.41, 5.74) is 1.12. The summed E-state index contributed by atoms with van der Waals surface area (Å²) < 4.78 is 27.9. The van der Waals surface area contributed by atoms with Gasteiger partial charge in [-0.2, -0.15) is 0 Å². The Balaban J connectivity index is 2.54. The first kappa shape index (κ1) is 15.2. The van der Waals surface area contributed by atoms with E-state index in [-0.39, 0.29) is 5.75 Å². The number of nitrogens with one attached hydrogen (secondary N) is 1. The van der Waals surface area contributed by atoms with Gasteiger partial charge in [-0.3, -0.25) is 4.90 Å². The Morgan fingerprint density at radius 1 is 1.44 bits per heavy atom. The Labute approximate surface area is 109 Å². The van der Waals surface area contributed by atoms with Crippen LogP contribution in [0.2, 0.25) is 0 Å². The summed E-state index contributed by atoms with van der Waals surface area (Å²) >= 11 is 0. The number of sulfone groups is 1. The SMILES string of the molecule is CNCc1oc(CN(C)CCS(C)(=O)=O)cc1C. The van der Waals surface area contributed by atoms with E-state index in [0.717, 1.165) is 17.1 Å². The summed E-state index contributed by atoms with van der Waals surface area (Å²) in [4.78, 5) is 1.95. The van der Waals surface area contributed by atoms with Crippen LogP contribution in [-0.2, 0) is 22.9 Å². The largest absolute Gasteiger partial charge is 0.463 e. The summed E-state index contributed by atoms with van der Waals surface area (Å²) in [6.45, 7) is 3.86. The average molecular weight is 274 g/mol. The van der Waals surface area contributed by atoms with E-state index in [9.17, 15) is 8.42 Å². The van der Waals surface area contributed by atoms with Gasteiger partial charge in [0.25, 0.3) is 0 Å². The minimum Gasteiger partial charge on any atom is -0.463 e. The van der Waals surface area contributed by atoms with Crippen molar-refractivity contribution in [3.8, 4) is 0 Å². The van der Waals surface area contributed by atoms with E-state index < -0.39 is 9.84 Å². The molecule has 0 aliphatic rings. The van der Waals surface area contributed by atoms with E-state index in [1.165, 1.54) is 6.26 Å². The molecule has 1 aromatic rings. The normalized spacial score (nSPS) is 12.3. The highest BCUT2D eigenvalue weighted by Crippen LogP contribution is 2.15. The molecule has 0 fully saturated rings. The van der Waals surface area contributed by atoms with Crippen LogP contribution < -0.4 is 5.32 Å². The molecule has 0 atom stereocenters. The van der Waals surface area contributed by atoms with Crippen LogP contribution in [0.4, 0.5) is 0 Å². The molecule has 6 heteroatoms. The molecule has 1 heterocycles. The van der Waals surface area contributed by atoms with Crippen LogP contribution in [0.1, 0.15) is 17.1 Å². The molecule has 18 heavy (non-hydrogen) atoms. The highest BCUT2D eigenvalue weighted by Gasteiger charge is 2.10. The number of nitrogens with zero attached hydrogens (tertiary/aromatic N) is 1. The van der Waals surface area contributed by atoms with E-state index in [2.05, 4.69) is 5.32 Å². The molecule has 0 spiro atoms. The van der Waals surface area contributed by atoms with Crippen molar-refractivity contribution in [1.29, 1.82) is 0 Å². The van der Waals surface area contributed by atoms with Crippen molar-refractivity contribution < 1.29 is 12.8 Å². The fourth-order valence-corrected chi connectivity index (χ4v) is 2.31. The lowest BCUT2D eigenvalue weighted by atomic mass is 10.2. The van der Waals surface area contributed by atoms with Gasteiger partial charge in [0, 0.05) is 12.8 Å². The topological polar surface area (TPSA) is 62.6 Å². The number of hydrogen-bond donors (Lipinski definition) is 1. The van der Waals surface area contributed by atoms with E-state index in [4.69, 9.17) is 4.42 Å². The minimum absolute atomic E-state index is 0.173. The third kappa shape index (κ3) is 5.20. The van der Waals surface area contributed by atoms with Crippen LogP contribution in [0, 0.1) is 6.92 Å². The fourth-order valence-electron chi connectivity index (χ4n) is 1.67. The zero-order valence-corrected chi connectivity index (χ0v) is 12.3. The van der Waals surface area contributed by atoms with Crippen LogP contribution >= 0.6 is 0 Å². The van der Waals surface area contributed by atoms with Gasteiger partial charge in [0.1, 0.15) is 21.4 Å². The molecule has 104 valence electrons. The van der Waals surface area contributed by atoms with Crippen LogP contribution in [0.15, 0.2) is 10.5 Å². The molecule has 0 unspecified atom stereocenters. The molecule has 0 aliphatic heterocycles. The number of aryl methyl sites for hydroxylation is 1. The van der Waals surface area contributed by atoms with Gasteiger partial charge in [0.15, 0.2) is 0 Å². The highest BCUT2D eigenvalue weighted by molar-refractivity contribution is 7.90. The number of furan rings is 1. The van der Waals surface area contributed by atoms with Gasteiger partial charge in [-0.15, -0.1) is 0 Å². The lowest BCUT2D eigenvalue weighted by Gasteiger charge is -2.13. The predicted molar refractivity (Wildman–Crippen MR) is 72.3 cm³/mol. The molecule has 1 aromatic heterocycles. The van der Waals surface area contributed by atoms with Crippen LogP contribution in [0.3, 0.4) is 0 Å². The Kier molecular flexibility index (Phi) is 5.37. The summed E-state index contributed by atoms with van der Waals surface area (Å²) in [5, 5.41) is 3.05. The first-order valence-corrected chi connectivity index (χ1v) is 7.97. The van der Waals surface area contributed by atoms with Gasteiger partial charge in [-0.25, -0.2) is 8.42 Å². The van der Waals surface area contributed by atoms with Gasteiger partial charge in [0.05, 0.1) is 18.8 Å². The van der Waals surface area contributed by atoms with Gasteiger partial charge in [-0.1, -0.05) is 0 Å². The molecule has 0 bridgehead atoms. The zero-order valence-electron chi connectivity index (χ0n) is 11.5. The van der Waals surface area contributed by atoms with Crippen molar-refractivity contribution >= 4 is 9.84 Å². The quantitative estimate of drug-likeness (QED) is 0.796. The number of hydrogen-bond acceptors (Lipinski definition) is 5. The summed E-state index contributed by atoms with van der Waals surface area (Å²) in [5.74, 6) is 1.98. The maximum atomic E-state index is 11.1. The Morgan fingerprint density at radius 2 is 2.11 bits per heavy atom. The van der Waals surface area contributed by atoms with Crippen molar-refractivity contribution in [2.75, 3.05) is 32.6 Å². The molecular formula is C12H22N2O3S. The summed E-state index contributed by atoms with van der Waals surface area (Å²) in [7, 11) is 0.859. The monoisotopic (exact) mass is 274 g/mol. The Bertz CT molecular complexity index is 480. The molecule has 0 aromatic carbocycles. The van der Waals surface area contributed by atoms with Crippen molar-refractivity contribution in [1.82, 2.24) is 10.2 Å². The molecule has 5 nitrogen and oxygen atoms in total. The van der Waals surface area contributed by atoms with Crippen molar-refractivity contribution in [2.45, 2.75) is 20.0 Å². The molecule has 0 saturated carbocycles. The molecule has 0 aliphatic carbocycles. The minimum atomic E-state index is -2.91. The summed E-state index contributed by atoms with van der Waals surface area (Å²) in [6.07, 6.45) is 1.25. The smallest absolute Gasteiger partial charge is 0.148 e. The molecule has 1 rings (SSSR count). The second kappa shape index (κ2) is 6.36. The zero-order chi connectivity index (χ0) is 13.8. The second-order valence-electron chi connectivity index (χ2n) is 4.72. The standard InChI is InChI=1S/C12H22N2O3S/c1-10-7-11(17-12(10)8-13-2)9-14(3)5-6-18(4,15)16/h7,13H,5-6,8-9H2,1-4H3. The van der Waals surface area contributed by atoms with E-state index >= 15 is 0 Å². The Hall–Kier alpha value is -0.850. The second-order valence-corrected chi connectivity index (χ2v) is 6.98. The predicted octanol–water partition coefficient (Wildman–Crippen LogP) is 0.784. The lowest BCUT2D eigenvalue weighted by molar-refractivity contribution is 0.303.